The highest BCUT2D eigenvalue weighted by Crippen LogP contribution is 2.23. The summed E-state index contributed by atoms with van der Waals surface area (Å²) < 4.78 is 11.7. The third-order valence-corrected chi connectivity index (χ3v) is 5.95. The van der Waals surface area contributed by atoms with Crippen molar-refractivity contribution < 1.29 is 24.2 Å². The fourth-order valence-corrected chi connectivity index (χ4v) is 4.07. The molecule has 3 N–H and O–H groups in total. The van der Waals surface area contributed by atoms with Crippen LogP contribution in [0.1, 0.15) is 35.2 Å². The van der Waals surface area contributed by atoms with Crippen molar-refractivity contribution in [3.05, 3.63) is 96.1 Å². The standard InChI is InChI=1S/C28H30N2O5/c31-19-26-25(30-28(33)21-7-3-1-4-8-21)16-15-24(35-26)17-27(32)29-18-20-11-13-23(14-12-20)34-22-9-5-2-6-10-22/h1-14,24-26,31H,15-19H2,(H,29,32)(H,30,33)/t24-,25-,26+/m1/s1. The Balaban J connectivity index is 1.21. The number of carbonyl (C=O) groups is 2. The second-order valence-corrected chi connectivity index (χ2v) is 8.54. The van der Waals surface area contributed by atoms with E-state index in [0.29, 0.717) is 24.9 Å². The van der Waals surface area contributed by atoms with Gasteiger partial charge >= 0.3 is 0 Å². The monoisotopic (exact) mass is 474 g/mol. The Bertz CT molecular complexity index is 1090. The highest BCUT2D eigenvalue weighted by molar-refractivity contribution is 5.94. The molecule has 7 heteroatoms. The van der Waals surface area contributed by atoms with Crippen LogP contribution in [0.25, 0.3) is 0 Å². The molecule has 1 saturated heterocycles. The summed E-state index contributed by atoms with van der Waals surface area (Å²) in [5.74, 6) is 1.17. The van der Waals surface area contributed by atoms with E-state index in [1.807, 2.05) is 60.7 Å². The number of hydrogen-bond acceptors (Lipinski definition) is 5. The molecule has 1 aliphatic rings. The minimum Gasteiger partial charge on any atom is -0.457 e. The summed E-state index contributed by atoms with van der Waals surface area (Å²) in [6.45, 7) is 0.172. The van der Waals surface area contributed by atoms with E-state index in [4.69, 9.17) is 9.47 Å². The maximum Gasteiger partial charge on any atom is 0.251 e. The molecule has 3 aromatic carbocycles. The van der Waals surface area contributed by atoms with Gasteiger partial charge in [-0.3, -0.25) is 9.59 Å². The van der Waals surface area contributed by atoms with Gasteiger partial charge in [0.25, 0.3) is 5.91 Å². The lowest BCUT2D eigenvalue weighted by Crippen LogP contribution is -2.51. The first-order chi connectivity index (χ1) is 17.1. The molecule has 1 aliphatic heterocycles. The van der Waals surface area contributed by atoms with Gasteiger partial charge in [-0.15, -0.1) is 0 Å². The van der Waals surface area contributed by atoms with E-state index in [1.54, 1.807) is 24.3 Å². The van der Waals surface area contributed by atoms with E-state index in [1.165, 1.54) is 0 Å². The van der Waals surface area contributed by atoms with Gasteiger partial charge in [0, 0.05) is 12.1 Å². The summed E-state index contributed by atoms with van der Waals surface area (Å²) in [7, 11) is 0. The third kappa shape index (κ3) is 7.15. The summed E-state index contributed by atoms with van der Waals surface area (Å²) in [5.41, 5.74) is 1.52. The average molecular weight is 475 g/mol. The van der Waals surface area contributed by atoms with Crippen LogP contribution in [0.3, 0.4) is 0 Å². The molecule has 3 atom stereocenters. The fourth-order valence-electron chi connectivity index (χ4n) is 4.07. The molecule has 0 saturated carbocycles. The Hall–Kier alpha value is -3.68. The molecule has 0 spiro atoms. The number of hydrogen-bond donors (Lipinski definition) is 3. The quantitative estimate of drug-likeness (QED) is 0.438. The SMILES string of the molecule is O=C(C[C@H]1CC[C@@H](NC(=O)c2ccccc2)[C@H](CO)O1)NCc1ccc(Oc2ccccc2)cc1. The van der Waals surface area contributed by atoms with Gasteiger partial charge in [-0.1, -0.05) is 48.5 Å². The molecule has 0 aliphatic carbocycles. The van der Waals surface area contributed by atoms with Crippen LogP contribution in [0.5, 0.6) is 11.5 Å². The van der Waals surface area contributed by atoms with Crippen LogP contribution in [-0.4, -0.2) is 41.8 Å². The molecule has 0 bridgehead atoms. The topological polar surface area (TPSA) is 96.9 Å². The zero-order valence-electron chi connectivity index (χ0n) is 19.4. The van der Waals surface area contributed by atoms with Gasteiger partial charge in [0.2, 0.25) is 5.91 Å². The van der Waals surface area contributed by atoms with E-state index in [9.17, 15) is 14.7 Å². The van der Waals surface area contributed by atoms with Gasteiger partial charge in [0.15, 0.2) is 0 Å². The second-order valence-electron chi connectivity index (χ2n) is 8.54. The van der Waals surface area contributed by atoms with E-state index in [0.717, 1.165) is 17.1 Å². The molecular weight excluding hydrogens is 444 g/mol. The van der Waals surface area contributed by atoms with Crippen molar-refractivity contribution >= 4 is 11.8 Å². The number of aliphatic hydroxyl groups is 1. The highest BCUT2D eigenvalue weighted by atomic mass is 16.5. The number of benzene rings is 3. The first-order valence-corrected chi connectivity index (χ1v) is 11.8. The molecule has 1 heterocycles. The summed E-state index contributed by atoms with van der Waals surface area (Å²) in [5, 5.41) is 15.6. The van der Waals surface area contributed by atoms with Crippen molar-refractivity contribution in [2.75, 3.05) is 6.61 Å². The highest BCUT2D eigenvalue weighted by Gasteiger charge is 2.33. The van der Waals surface area contributed by atoms with Crippen molar-refractivity contribution in [3.63, 3.8) is 0 Å². The number of nitrogens with one attached hydrogen (secondary N) is 2. The van der Waals surface area contributed by atoms with Gasteiger partial charge in [-0.25, -0.2) is 0 Å². The van der Waals surface area contributed by atoms with E-state index in [-0.39, 0.29) is 37.0 Å². The Labute approximate surface area is 205 Å². The van der Waals surface area contributed by atoms with Gasteiger partial charge in [-0.05, 0) is 54.8 Å². The molecule has 182 valence electrons. The molecule has 0 aromatic heterocycles. The lowest BCUT2D eigenvalue weighted by molar-refractivity contribution is -0.131. The zero-order chi connectivity index (χ0) is 24.5. The Morgan fingerprint density at radius 3 is 2.23 bits per heavy atom. The van der Waals surface area contributed by atoms with Gasteiger partial charge < -0.3 is 25.2 Å². The average Bonchev–Trinajstić information content (AvgIpc) is 2.90. The van der Waals surface area contributed by atoms with E-state index < -0.39 is 6.10 Å². The minimum absolute atomic E-state index is 0.122. The van der Waals surface area contributed by atoms with Crippen LogP contribution in [0.4, 0.5) is 0 Å². The predicted molar refractivity (Wildman–Crippen MR) is 132 cm³/mol. The van der Waals surface area contributed by atoms with E-state index in [2.05, 4.69) is 10.6 Å². The minimum atomic E-state index is -0.550. The van der Waals surface area contributed by atoms with Crippen molar-refractivity contribution in [3.8, 4) is 11.5 Å². The first kappa shape index (κ1) is 24.4. The number of ether oxygens (including phenoxy) is 2. The Kier molecular flexibility index (Phi) is 8.48. The van der Waals surface area contributed by atoms with Crippen LogP contribution in [0, 0.1) is 0 Å². The van der Waals surface area contributed by atoms with Gasteiger partial charge in [0.05, 0.1) is 25.2 Å². The maximum absolute atomic E-state index is 12.5. The van der Waals surface area contributed by atoms with Gasteiger partial charge in [-0.2, -0.15) is 0 Å². The summed E-state index contributed by atoms with van der Waals surface area (Å²) >= 11 is 0. The van der Waals surface area contributed by atoms with E-state index >= 15 is 0 Å². The van der Waals surface area contributed by atoms with Crippen LogP contribution < -0.4 is 15.4 Å². The summed E-state index contributed by atoms with van der Waals surface area (Å²) in [6, 6.07) is 25.7. The zero-order valence-corrected chi connectivity index (χ0v) is 19.4. The Morgan fingerprint density at radius 1 is 0.886 bits per heavy atom. The van der Waals surface area contributed by atoms with Gasteiger partial charge in [0.1, 0.15) is 17.6 Å². The lowest BCUT2D eigenvalue weighted by Gasteiger charge is -2.36. The van der Waals surface area contributed by atoms with Crippen LogP contribution in [0.15, 0.2) is 84.9 Å². The number of amides is 2. The summed E-state index contributed by atoms with van der Waals surface area (Å²) in [4.78, 5) is 24.9. The third-order valence-electron chi connectivity index (χ3n) is 5.95. The molecule has 0 unspecified atom stereocenters. The normalized spacial score (nSPS) is 19.5. The molecule has 35 heavy (non-hydrogen) atoms. The Morgan fingerprint density at radius 2 is 1.54 bits per heavy atom. The first-order valence-electron chi connectivity index (χ1n) is 11.8. The molecule has 1 fully saturated rings. The second kappa shape index (κ2) is 12.1. The molecule has 0 radical (unpaired) electrons. The van der Waals surface area contributed by atoms with Crippen molar-refractivity contribution in [1.82, 2.24) is 10.6 Å². The number of aliphatic hydroxyl groups excluding tert-OH is 1. The van der Waals surface area contributed by atoms with Crippen LogP contribution in [-0.2, 0) is 16.1 Å². The maximum atomic E-state index is 12.5. The van der Waals surface area contributed by atoms with Crippen molar-refractivity contribution in [2.45, 2.75) is 44.1 Å². The summed E-state index contributed by atoms with van der Waals surface area (Å²) in [6.07, 6.45) is 0.593. The predicted octanol–water partition coefficient (Wildman–Crippen LogP) is 3.82. The van der Waals surface area contributed by atoms with Crippen LogP contribution >= 0.6 is 0 Å². The molecule has 4 rings (SSSR count). The fraction of sp³-hybridized carbons (Fsp3) is 0.286. The lowest BCUT2D eigenvalue weighted by atomic mass is 9.96. The number of para-hydroxylation sites is 1. The smallest absolute Gasteiger partial charge is 0.251 e. The number of carbonyl (C=O) groups excluding carboxylic acids is 2. The van der Waals surface area contributed by atoms with Crippen molar-refractivity contribution in [1.29, 1.82) is 0 Å². The molecule has 3 aromatic rings. The molecular formula is C28H30N2O5. The largest absolute Gasteiger partial charge is 0.457 e. The van der Waals surface area contributed by atoms with Crippen LogP contribution in [0.2, 0.25) is 0 Å². The van der Waals surface area contributed by atoms with Crippen molar-refractivity contribution in [2.24, 2.45) is 0 Å². The number of rotatable bonds is 9. The molecule has 7 nitrogen and oxygen atoms in total. The molecule has 2 amide bonds.